The highest BCUT2D eigenvalue weighted by Gasteiger charge is 2.18. The Morgan fingerprint density at radius 1 is 1.56 bits per heavy atom. The van der Waals surface area contributed by atoms with Crippen molar-refractivity contribution in [3.05, 3.63) is 38.9 Å². The lowest BCUT2D eigenvalue weighted by Crippen LogP contribution is -2.42. The number of nitrogens with zero attached hydrogens (tertiary/aromatic N) is 2. The van der Waals surface area contributed by atoms with E-state index in [0.29, 0.717) is 0 Å². The molecule has 1 aromatic carbocycles. The molecule has 0 unspecified atom stereocenters. The van der Waals surface area contributed by atoms with E-state index >= 15 is 0 Å². The Kier molecular flexibility index (Phi) is 4.16. The van der Waals surface area contributed by atoms with Gasteiger partial charge in [0.1, 0.15) is 5.02 Å². The molecule has 0 saturated carbocycles. The minimum absolute atomic E-state index is 0.0456. The molecule has 6 heteroatoms. The molecule has 2 rings (SSSR count). The van der Waals surface area contributed by atoms with Crippen molar-refractivity contribution in [2.45, 2.75) is 25.4 Å². The summed E-state index contributed by atoms with van der Waals surface area (Å²) in [5, 5.41) is 10.9. The van der Waals surface area contributed by atoms with Crippen molar-refractivity contribution < 1.29 is 4.92 Å². The highest BCUT2D eigenvalue weighted by atomic mass is 35.5. The SMILES string of the molecule is N[C@@H]1CCCN(Cc2ccc([N+](=O)[O-])c(Cl)c2)C1. The molecule has 1 aliphatic rings. The van der Waals surface area contributed by atoms with Crippen molar-refractivity contribution in [2.75, 3.05) is 13.1 Å². The molecule has 0 radical (unpaired) electrons. The molecule has 5 nitrogen and oxygen atoms in total. The zero-order chi connectivity index (χ0) is 13.1. The second kappa shape index (κ2) is 5.65. The molecule has 1 aromatic rings. The molecular weight excluding hydrogens is 254 g/mol. The quantitative estimate of drug-likeness (QED) is 0.674. The first-order valence-electron chi connectivity index (χ1n) is 5.97. The molecule has 0 amide bonds. The van der Waals surface area contributed by atoms with Crippen molar-refractivity contribution in [2.24, 2.45) is 5.73 Å². The summed E-state index contributed by atoms with van der Waals surface area (Å²) in [6.07, 6.45) is 2.17. The van der Waals surface area contributed by atoms with Crippen LogP contribution in [0.5, 0.6) is 0 Å². The van der Waals surface area contributed by atoms with E-state index < -0.39 is 4.92 Å². The number of rotatable bonds is 3. The standard InChI is InChI=1S/C12H16ClN3O2/c13-11-6-9(3-4-12(11)16(17)18)7-15-5-1-2-10(14)8-15/h3-4,6,10H,1-2,5,7-8,14H2/t10-/m1/s1. The van der Waals surface area contributed by atoms with E-state index in [-0.39, 0.29) is 16.8 Å². The van der Waals surface area contributed by atoms with E-state index in [1.165, 1.54) is 6.07 Å². The number of nitrogens with two attached hydrogens (primary N) is 1. The van der Waals surface area contributed by atoms with Crippen LogP contribution in [0.25, 0.3) is 0 Å². The van der Waals surface area contributed by atoms with Crippen LogP contribution in [0.2, 0.25) is 5.02 Å². The molecule has 0 aliphatic carbocycles. The zero-order valence-corrected chi connectivity index (χ0v) is 10.8. The maximum Gasteiger partial charge on any atom is 0.287 e. The highest BCUT2D eigenvalue weighted by Crippen LogP contribution is 2.25. The number of nitro groups is 1. The predicted molar refractivity (Wildman–Crippen MR) is 70.6 cm³/mol. The van der Waals surface area contributed by atoms with Gasteiger partial charge >= 0.3 is 0 Å². The Morgan fingerprint density at radius 2 is 2.33 bits per heavy atom. The number of likely N-dealkylation sites (tertiary alicyclic amines) is 1. The van der Waals surface area contributed by atoms with Crippen LogP contribution in [0.3, 0.4) is 0 Å². The van der Waals surface area contributed by atoms with Gasteiger partial charge in [0.05, 0.1) is 4.92 Å². The molecular formula is C12H16ClN3O2. The third kappa shape index (κ3) is 3.19. The van der Waals surface area contributed by atoms with Gasteiger partial charge < -0.3 is 5.73 Å². The molecule has 0 bridgehead atoms. The van der Waals surface area contributed by atoms with Crippen LogP contribution in [0, 0.1) is 10.1 Å². The number of nitro benzene ring substituents is 1. The van der Waals surface area contributed by atoms with Crippen LogP contribution in [0.4, 0.5) is 5.69 Å². The predicted octanol–water partition coefficient (Wildman–Crippen LogP) is 2.17. The maximum atomic E-state index is 10.7. The van der Waals surface area contributed by atoms with Crippen molar-refractivity contribution in [3.63, 3.8) is 0 Å². The summed E-state index contributed by atoms with van der Waals surface area (Å²) >= 11 is 5.89. The van der Waals surface area contributed by atoms with Crippen LogP contribution >= 0.6 is 11.6 Å². The molecule has 1 atom stereocenters. The third-order valence-electron chi connectivity index (χ3n) is 3.16. The highest BCUT2D eigenvalue weighted by molar-refractivity contribution is 6.32. The number of benzene rings is 1. The van der Waals surface area contributed by atoms with Gasteiger partial charge in [-0.1, -0.05) is 17.7 Å². The summed E-state index contributed by atoms with van der Waals surface area (Å²) in [7, 11) is 0. The fourth-order valence-electron chi connectivity index (χ4n) is 2.29. The molecule has 98 valence electrons. The van der Waals surface area contributed by atoms with E-state index in [9.17, 15) is 10.1 Å². The van der Waals surface area contributed by atoms with E-state index in [4.69, 9.17) is 17.3 Å². The Hall–Kier alpha value is -1.17. The van der Waals surface area contributed by atoms with Crippen LogP contribution in [0.1, 0.15) is 18.4 Å². The van der Waals surface area contributed by atoms with E-state index in [0.717, 1.165) is 38.0 Å². The van der Waals surface area contributed by atoms with Gasteiger partial charge in [-0.25, -0.2) is 0 Å². The first-order chi connectivity index (χ1) is 8.56. The maximum absolute atomic E-state index is 10.7. The second-order valence-electron chi connectivity index (χ2n) is 4.68. The van der Waals surface area contributed by atoms with Crippen molar-refractivity contribution in [1.82, 2.24) is 4.90 Å². The molecule has 1 aliphatic heterocycles. The first-order valence-corrected chi connectivity index (χ1v) is 6.35. The summed E-state index contributed by atoms with van der Waals surface area (Å²) in [6.45, 7) is 2.63. The van der Waals surface area contributed by atoms with Gasteiger partial charge in [0.25, 0.3) is 5.69 Å². The molecule has 1 saturated heterocycles. The Balaban J connectivity index is 2.05. The van der Waals surface area contributed by atoms with Crippen LogP contribution < -0.4 is 5.73 Å². The van der Waals surface area contributed by atoms with Crippen molar-refractivity contribution >= 4 is 17.3 Å². The largest absolute Gasteiger partial charge is 0.327 e. The van der Waals surface area contributed by atoms with Gasteiger partial charge in [-0.3, -0.25) is 15.0 Å². The molecule has 2 N–H and O–H groups in total. The molecule has 0 spiro atoms. The van der Waals surface area contributed by atoms with Crippen molar-refractivity contribution in [3.8, 4) is 0 Å². The number of hydrogen-bond acceptors (Lipinski definition) is 4. The van der Waals surface area contributed by atoms with Crippen molar-refractivity contribution in [1.29, 1.82) is 0 Å². The smallest absolute Gasteiger partial charge is 0.287 e. The molecule has 0 aromatic heterocycles. The first kappa shape index (κ1) is 13.3. The monoisotopic (exact) mass is 269 g/mol. The number of piperidine rings is 1. The van der Waals surface area contributed by atoms with E-state index in [2.05, 4.69) is 4.90 Å². The Labute approximate surface area is 111 Å². The van der Waals surface area contributed by atoms with Crippen LogP contribution in [-0.4, -0.2) is 29.0 Å². The lowest BCUT2D eigenvalue weighted by molar-refractivity contribution is -0.384. The van der Waals surface area contributed by atoms with Gasteiger partial charge in [0.15, 0.2) is 0 Å². The summed E-state index contributed by atoms with van der Waals surface area (Å²) in [6, 6.07) is 5.11. The topological polar surface area (TPSA) is 72.4 Å². The second-order valence-corrected chi connectivity index (χ2v) is 5.09. The minimum Gasteiger partial charge on any atom is -0.327 e. The van der Waals surface area contributed by atoms with Crippen LogP contribution in [-0.2, 0) is 6.54 Å². The Bertz CT molecular complexity index is 453. The van der Waals surface area contributed by atoms with Gasteiger partial charge in [0.2, 0.25) is 0 Å². The average Bonchev–Trinajstić information content (AvgIpc) is 2.28. The zero-order valence-electron chi connectivity index (χ0n) is 10.0. The molecule has 18 heavy (non-hydrogen) atoms. The Morgan fingerprint density at radius 3 is 2.94 bits per heavy atom. The molecule has 1 heterocycles. The number of hydrogen-bond donors (Lipinski definition) is 1. The van der Waals surface area contributed by atoms with E-state index in [1.54, 1.807) is 12.1 Å². The number of halogens is 1. The average molecular weight is 270 g/mol. The third-order valence-corrected chi connectivity index (χ3v) is 3.46. The van der Waals surface area contributed by atoms with Gasteiger partial charge in [-0.15, -0.1) is 0 Å². The summed E-state index contributed by atoms with van der Waals surface area (Å²) in [4.78, 5) is 12.4. The van der Waals surface area contributed by atoms with E-state index in [1.807, 2.05) is 0 Å². The summed E-state index contributed by atoms with van der Waals surface area (Å²) in [5.41, 5.74) is 6.86. The summed E-state index contributed by atoms with van der Waals surface area (Å²) < 4.78 is 0. The summed E-state index contributed by atoms with van der Waals surface area (Å²) in [5.74, 6) is 0. The fourth-order valence-corrected chi connectivity index (χ4v) is 2.56. The van der Waals surface area contributed by atoms with Gasteiger partial charge in [-0.2, -0.15) is 0 Å². The lowest BCUT2D eigenvalue weighted by atomic mass is 10.1. The molecule has 1 fully saturated rings. The normalized spacial score (nSPS) is 20.9. The van der Waals surface area contributed by atoms with Gasteiger partial charge in [0, 0.05) is 25.2 Å². The fraction of sp³-hybridized carbons (Fsp3) is 0.500. The minimum atomic E-state index is -0.469. The van der Waals surface area contributed by atoms with Gasteiger partial charge in [-0.05, 0) is 31.0 Å². The lowest BCUT2D eigenvalue weighted by Gasteiger charge is -2.30. The van der Waals surface area contributed by atoms with Crippen LogP contribution in [0.15, 0.2) is 18.2 Å².